The van der Waals surface area contributed by atoms with Crippen LogP contribution < -0.4 is 5.32 Å². The summed E-state index contributed by atoms with van der Waals surface area (Å²) in [7, 11) is 1.38. The Hall–Kier alpha value is -3.31. The smallest absolute Gasteiger partial charge is 0.339 e. The number of hydrogen-bond acceptors (Lipinski definition) is 7. The number of nitro benzene ring substituents is 1. The number of rotatable bonds is 7. The van der Waals surface area contributed by atoms with Gasteiger partial charge in [0.05, 0.1) is 23.8 Å². The largest absolute Gasteiger partial charge is 0.478 e. The fraction of sp³-hybridized carbons (Fsp3) is 0.267. The minimum absolute atomic E-state index is 0.175. The van der Waals surface area contributed by atoms with Crippen LogP contribution in [0.2, 0.25) is 0 Å². The molecule has 2 atom stereocenters. The van der Waals surface area contributed by atoms with E-state index in [4.69, 9.17) is 5.11 Å². The highest BCUT2D eigenvalue weighted by Gasteiger charge is 2.27. The highest BCUT2D eigenvalue weighted by atomic mass is 16.6. The van der Waals surface area contributed by atoms with E-state index in [0.717, 1.165) is 10.9 Å². The van der Waals surface area contributed by atoms with Crippen molar-refractivity contribution in [3.8, 4) is 0 Å². The van der Waals surface area contributed by atoms with Gasteiger partial charge in [-0.2, -0.15) is 5.10 Å². The van der Waals surface area contributed by atoms with E-state index in [-0.39, 0.29) is 22.5 Å². The number of aliphatic hydroxyl groups excluding tert-OH is 2. The molecule has 0 radical (unpaired) electrons. The molecule has 0 saturated heterocycles. The van der Waals surface area contributed by atoms with Crippen molar-refractivity contribution in [3.05, 3.63) is 57.4 Å². The van der Waals surface area contributed by atoms with E-state index in [1.165, 1.54) is 31.3 Å². The highest BCUT2D eigenvalue weighted by Crippen LogP contribution is 2.21. The minimum atomic E-state index is -1.37. The standard InChI is InChI=1S/C15H16N4O7/c1-18-12(10(6-16-18)15(23)24)14(22)17-11(7-20)13(21)8-2-4-9(5-3-8)19(25)26/h2-6,11,13,20-21H,7H2,1H3,(H,17,22)(H,23,24)/t11-,13-/m0/s1. The zero-order valence-electron chi connectivity index (χ0n) is 13.6. The molecular formula is C15H16N4O7. The van der Waals surface area contributed by atoms with Crippen molar-refractivity contribution in [1.82, 2.24) is 15.1 Å². The number of aliphatic hydroxyl groups is 2. The van der Waals surface area contributed by atoms with Crippen molar-refractivity contribution in [2.24, 2.45) is 7.05 Å². The molecule has 2 rings (SSSR count). The Morgan fingerprint density at radius 3 is 2.46 bits per heavy atom. The van der Waals surface area contributed by atoms with Crippen LogP contribution in [0.1, 0.15) is 32.5 Å². The van der Waals surface area contributed by atoms with Gasteiger partial charge in [0.15, 0.2) is 0 Å². The van der Waals surface area contributed by atoms with Gasteiger partial charge in [-0.15, -0.1) is 0 Å². The topological polar surface area (TPSA) is 168 Å². The molecule has 1 aromatic carbocycles. The first-order chi connectivity index (χ1) is 12.3. The van der Waals surface area contributed by atoms with Gasteiger partial charge in [0.25, 0.3) is 11.6 Å². The lowest BCUT2D eigenvalue weighted by Crippen LogP contribution is -2.43. The Morgan fingerprint density at radius 2 is 1.96 bits per heavy atom. The number of nitrogens with zero attached hydrogens (tertiary/aromatic N) is 3. The molecule has 4 N–H and O–H groups in total. The van der Waals surface area contributed by atoms with Gasteiger partial charge in [0, 0.05) is 19.2 Å². The molecule has 1 aromatic heterocycles. The van der Waals surface area contributed by atoms with Crippen molar-refractivity contribution in [1.29, 1.82) is 0 Å². The first-order valence-corrected chi connectivity index (χ1v) is 7.35. The molecule has 0 aliphatic rings. The summed E-state index contributed by atoms with van der Waals surface area (Å²) >= 11 is 0. The van der Waals surface area contributed by atoms with Crippen LogP contribution in [0.4, 0.5) is 5.69 Å². The Labute approximate surface area is 146 Å². The lowest BCUT2D eigenvalue weighted by Gasteiger charge is -2.22. The normalized spacial score (nSPS) is 13.0. The maximum absolute atomic E-state index is 12.4. The summed E-state index contributed by atoms with van der Waals surface area (Å²) in [5.74, 6) is -2.19. The number of nitrogens with one attached hydrogen (secondary N) is 1. The summed E-state index contributed by atoms with van der Waals surface area (Å²) < 4.78 is 1.06. The number of aryl methyl sites for hydroxylation is 1. The average molecular weight is 364 g/mol. The van der Waals surface area contributed by atoms with Crippen molar-refractivity contribution in [3.63, 3.8) is 0 Å². The summed E-state index contributed by atoms with van der Waals surface area (Å²) in [4.78, 5) is 33.6. The SMILES string of the molecule is Cn1ncc(C(=O)O)c1C(=O)N[C@@H](CO)[C@@H](O)c1ccc([N+](=O)[O-])cc1. The zero-order valence-corrected chi connectivity index (χ0v) is 13.6. The van der Waals surface area contributed by atoms with Gasteiger partial charge in [-0.3, -0.25) is 19.6 Å². The lowest BCUT2D eigenvalue weighted by atomic mass is 10.0. The highest BCUT2D eigenvalue weighted by molar-refractivity contribution is 6.03. The fourth-order valence-electron chi connectivity index (χ4n) is 2.35. The monoisotopic (exact) mass is 364 g/mol. The third-order valence-electron chi connectivity index (χ3n) is 3.72. The van der Waals surface area contributed by atoms with E-state index in [1.54, 1.807) is 0 Å². The molecule has 0 spiro atoms. The van der Waals surface area contributed by atoms with Crippen LogP contribution in [-0.4, -0.2) is 54.5 Å². The molecule has 1 amide bonds. The molecule has 11 nitrogen and oxygen atoms in total. The second-order valence-corrected chi connectivity index (χ2v) is 5.39. The quantitative estimate of drug-likeness (QED) is 0.388. The molecule has 138 valence electrons. The van der Waals surface area contributed by atoms with Gasteiger partial charge >= 0.3 is 5.97 Å². The summed E-state index contributed by atoms with van der Waals surface area (Å²) in [5.41, 5.74) is -0.511. The van der Waals surface area contributed by atoms with Crippen molar-refractivity contribution < 1.29 is 29.8 Å². The molecular weight excluding hydrogens is 348 g/mol. The maximum Gasteiger partial charge on any atom is 0.339 e. The van der Waals surface area contributed by atoms with E-state index in [0.29, 0.717) is 0 Å². The van der Waals surface area contributed by atoms with Crippen LogP contribution in [0.15, 0.2) is 30.5 Å². The molecule has 1 heterocycles. The first kappa shape index (κ1) is 19.0. The Bertz CT molecular complexity index is 831. The number of carboxylic acids is 1. The van der Waals surface area contributed by atoms with Crippen LogP contribution in [0, 0.1) is 10.1 Å². The Morgan fingerprint density at radius 1 is 1.35 bits per heavy atom. The van der Waals surface area contributed by atoms with Crippen molar-refractivity contribution in [2.45, 2.75) is 12.1 Å². The van der Waals surface area contributed by atoms with Crippen LogP contribution >= 0.6 is 0 Å². The van der Waals surface area contributed by atoms with Crippen molar-refractivity contribution >= 4 is 17.6 Å². The molecule has 0 bridgehead atoms. The lowest BCUT2D eigenvalue weighted by molar-refractivity contribution is -0.384. The number of hydrogen-bond donors (Lipinski definition) is 4. The second kappa shape index (κ2) is 7.72. The molecule has 11 heteroatoms. The summed E-state index contributed by atoms with van der Waals surface area (Å²) in [6, 6.07) is 3.78. The van der Waals surface area contributed by atoms with Crippen LogP contribution in [0.3, 0.4) is 0 Å². The average Bonchev–Trinajstić information content (AvgIpc) is 3.01. The number of nitro groups is 1. The number of carbonyl (C=O) groups is 2. The van der Waals surface area contributed by atoms with E-state index >= 15 is 0 Å². The number of carbonyl (C=O) groups excluding carboxylic acids is 1. The predicted octanol–water partition coefficient (Wildman–Crippen LogP) is -0.149. The molecule has 0 aliphatic carbocycles. The summed E-state index contributed by atoms with van der Waals surface area (Å²) in [5, 5.41) is 45.6. The van der Waals surface area contributed by atoms with E-state index in [2.05, 4.69) is 10.4 Å². The van der Waals surface area contributed by atoms with Gasteiger partial charge in [-0.05, 0) is 17.7 Å². The minimum Gasteiger partial charge on any atom is -0.478 e. The van der Waals surface area contributed by atoms with Gasteiger partial charge in [0.1, 0.15) is 17.4 Å². The third kappa shape index (κ3) is 3.84. The van der Waals surface area contributed by atoms with Crippen LogP contribution in [0.25, 0.3) is 0 Å². The molecule has 0 saturated carbocycles. The van der Waals surface area contributed by atoms with E-state index in [9.17, 15) is 29.9 Å². The van der Waals surface area contributed by atoms with Crippen molar-refractivity contribution in [2.75, 3.05) is 6.61 Å². The van der Waals surface area contributed by atoms with Crippen LogP contribution in [0.5, 0.6) is 0 Å². The number of carboxylic acid groups (broad SMARTS) is 1. The number of aromatic carboxylic acids is 1. The van der Waals surface area contributed by atoms with Crippen LogP contribution in [-0.2, 0) is 7.05 Å². The predicted molar refractivity (Wildman–Crippen MR) is 86.6 cm³/mol. The summed E-state index contributed by atoms with van der Waals surface area (Å²) in [6.45, 7) is -0.649. The number of non-ortho nitro benzene ring substituents is 1. The number of amides is 1. The van der Waals surface area contributed by atoms with E-state index < -0.39 is 35.6 Å². The van der Waals surface area contributed by atoms with Gasteiger partial charge < -0.3 is 20.6 Å². The van der Waals surface area contributed by atoms with Gasteiger partial charge in [0.2, 0.25) is 0 Å². The molecule has 0 unspecified atom stereocenters. The molecule has 2 aromatic rings. The Kier molecular flexibility index (Phi) is 5.64. The van der Waals surface area contributed by atoms with Gasteiger partial charge in [-0.1, -0.05) is 0 Å². The van der Waals surface area contributed by atoms with Gasteiger partial charge in [-0.25, -0.2) is 4.79 Å². The first-order valence-electron chi connectivity index (χ1n) is 7.35. The molecule has 0 fully saturated rings. The fourth-order valence-corrected chi connectivity index (χ4v) is 2.35. The zero-order chi connectivity index (χ0) is 19.4. The Balaban J connectivity index is 2.20. The summed E-state index contributed by atoms with van der Waals surface area (Å²) in [6.07, 6.45) is -0.357. The number of aromatic nitrogens is 2. The molecule has 26 heavy (non-hydrogen) atoms. The maximum atomic E-state index is 12.4. The van der Waals surface area contributed by atoms with E-state index in [1.807, 2.05) is 0 Å². The second-order valence-electron chi connectivity index (χ2n) is 5.39. The number of benzene rings is 1. The molecule has 0 aliphatic heterocycles. The third-order valence-corrected chi connectivity index (χ3v) is 3.72.